The van der Waals surface area contributed by atoms with E-state index in [4.69, 9.17) is 0 Å². The lowest BCUT2D eigenvalue weighted by atomic mass is 10.0. The molecule has 1 fully saturated rings. The van der Waals surface area contributed by atoms with Gasteiger partial charge in [0.25, 0.3) is 0 Å². The molecule has 0 aliphatic carbocycles. The zero-order chi connectivity index (χ0) is 15.1. The van der Waals surface area contributed by atoms with E-state index in [2.05, 4.69) is 55.3 Å². The Kier molecular flexibility index (Phi) is 6.72. The van der Waals surface area contributed by atoms with E-state index in [0.717, 1.165) is 25.6 Å². The summed E-state index contributed by atoms with van der Waals surface area (Å²) in [4.78, 5) is 2.63. The quantitative estimate of drug-likeness (QED) is 0.776. The molecule has 2 heteroatoms. The van der Waals surface area contributed by atoms with Crippen LogP contribution in [0.15, 0.2) is 24.3 Å². The fourth-order valence-corrected chi connectivity index (χ4v) is 3.30. The third kappa shape index (κ3) is 5.80. The van der Waals surface area contributed by atoms with E-state index in [1.54, 1.807) is 0 Å². The van der Waals surface area contributed by atoms with E-state index in [9.17, 15) is 0 Å². The molecule has 118 valence electrons. The van der Waals surface area contributed by atoms with Gasteiger partial charge in [-0.3, -0.25) is 4.90 Å². The van der Waals surface area contributed by atoms with Gasteiger partial charge in [0.05, 0.1) is 0 Å². The Hall–Kier alpha value is -0.860. The van der Waals surface area contributed by atoms with Gasteiger partial charge in [-0.15, -0.1) is 0 Å². The number of likely N-dealkylation sites (tertiary alicyclic amines) is 1. The van der Waals surface area contributed by atoms with Crippen LogP contribution in [0, 0.1) is 11.8 Å². The Bertz CT molecular complexity index is 414. The van der Waals surface area contributed by atoms with Crippen LogP contribution in [0.3, 0.4) is 0 Å². The monoisotopic (exact) mass is 288 g/mol. The maximum atomic E-state index is 3.53. The minimum absolute atomic E-state index is 0.716. The molecule has 0 radical (unpaired) electrons. The first-order valence-corrected chi connectivity index (χ1v) is 8.68. The summed E-state index contributed by atoms with van der Waals surface area (Å²) < 4.78 is 0. The van der Waals surface area contributed by atoms with Crippen LogP contribution in [0.2, 0.25) is 0 Å². The lowest BCUT2D eigenvalue weighted by molar-refractivity contribution is 0.313. The fourth-order valence-electron chi connectivity index (χ4n) is 3.30. The van der Waals surface area contributed by atoms with E-state index in [1.165, 1.54) is 43.5 Å². The molecule has 1 atom stereocenters. The standard InChI is InChI=1S/C19H32N2/c1-4-6-17-9-10-21(14-17)15-19-8-5-7-18(11-19)13-20-12-16(2)3/h5,7-8,11,16-17,20H,4,6,9-10,12-15H2,1-3H3. The minimum Gasteiger partial charge on any atom is -0.312 e. The molecule has 1 aliphatic rings. The lowest BCUT2D eigenvalue weighted by Crippen LogP contribution is -2.21. The lowest BCUT2D eigenvalue weighted by Gasteiger charge is -2.17. The van der Waals surface area contributed by atoms with Gasteiger partial charge < -0.3 is 5.32 Å². The highest BCUT2D eigenvalue weighted by Crippen LogP contribution is 2.22. The highest BCUT2D eigenvalue weighted by Gasteiger charge is 2.21. The molecule has 1 aliphatic heterocycles. The number of rotatable bonds is 8. The van der Waals surface area contributed by atoms with Crippen molar-refractivity contribution in [2.45, 2.75) is 53.1 Å². The van der Waals surface area contributed by atoms with Crippen molar-refractivity contribution < 1.29 is 0 Å². The molecule has 21 heavy (non-hydrogen) atoms. The van der Waals surface area contributed by atoms with Crippen LogP contribution in [0.1, 0.15) is 51.2 Å². The number of nitrogens with one attached hydrogen (secondary N) is 1. The van der Waals surface area contributed by atoms with E-state index in [-0.39, 0.29) is 0 Å². The maximum Gasteiger partial charge on any atom is 0.0233 e. The van der Waals surface area contributed by atoms with Crippen molar-refractivity contribution in [3.8, 4) is 0 Å². The molecule has 0 saturated carbocycles. The molecule has 0 aromatic heterocycles. The van der Waals surface area contributed by atoms with Crippen molar-refractivity contribution >= 4 is 0 Å². The molecule has 2 rings (SSSR count). The van der Waals surface area contributed by atoms with Crippen molar-refractivity contribution in [1.29, 1.82) is 0 Å². The van der Waals surface area contributed by atoms with Gasteiger partial charge in [-0.1, -0.05) is 51.5 Å². The normalized spacial score (nSPS) is 19.5. The first kappa shape index (κ1) is 16.5. The van der Waals surface area contributed by atoms with Crippen molar-refractivity contribution in [3.05, 3.63) is 35.4 Å². The smallest absolute Gasteiger partial charge is 0.0233 e. The first-order chi connectivity index (χ1) is 10.2. The molecule has 1 aromatic carbocycles. The van der Waals surface area contributed by atoms with Gasteiger partial charge in [0.2, 0.25) is 0 Å². The fraction of sp³-hybridized carbons (Fsp3) is 0.684. The van der Waals surface area contributed by atoms with Gasteiger partial charge in [-0.25, -0.2) is 0 Å². The molecule has 0 bridgehead atoms. The first-order valence-electron chi connectivity index (χ1n) is 8.68. The summed E-state index contributed by atoms with van der Waals surface area (Å²) in [6.07, 6.45) is 4.12. The molecule has 1 saturated heterocycles. The summed E-state index contributed by atoms with van der Waals surface area (Å²) in [7, 11) is 0. The van der Waals surface area contributed by atoms with Crippen LogP contribution in [0.25, 0.3) is 0 Å². The van der Waals surface area contributed by atoms with Gasteiger partial charge in [-0.05, 0) is 48.9 Å². The van der Waals surface area contributed by atoms with Gasteiger partial charge >= 0.3 is 0 Å². The summed E-state index contributed by atoms with van der Waals surface area (Å²) in [5.74, 6) is 1.65. The summed E-state index contributed by atoms with van der Waals surface area (Å²) >= 11 is 0. The Labute approximate surface area is 130 Å². The van der Waals surface area contributed by atoms with E-state index in [0.29, 0.717) is 5.92 Å². The van der Waals surface area contributed by atoms with Gasteiger partial charge in [0.15, 0.2) is 0 Å². The van der Waals surface area contributed by atoms with E-state index >= 15 is 0 Å². The van der Waals surface area contributed by atoms with Crippen molar-refractivity contribution in [1.82, 2.24) is 10.2 Å². The zero-order valence-corrected chi connectivity index (χ0v) is 14.1. The van der Waals surface area contributed by atoms with Crippen LogP contribution in [-0.4, -0.2) is 24.5 Å². The summed E-state index contributed by atoms with van der Waals surface area (Å²) in [6.45, 7) is 12.6. The predicted molar refractivity (Wildman–Crippen MR) is 91.3 cm³/mol. The number of hydrogen-bond donors (Lipinski definition) is 1. The minimum atomic E-state index is 0.716. The summed E-state index contributed by atoms with van der Waals surface area (Å²) in [6, 6.07) is 9.10. The van der Waals surface area contributed by atoms with Gasteiger partial charge in [-0.2, -0.15) is 0 Å². The van der Waals surface area contributed by atoms with Crippen LogP contribution >= 0.6 is 0 Å². The molecule has 0 amide bonds. The molecular formula is C19H32N2. The predicted octanol–water partition coefficient (Wildman–Crippen LogP) is 4.05. The van der Waals surface area contributed by atoms with Crippen molar-refractivity contribution in [2.75, 3.05) is 19.6 Å². The molecule has 1 unspecified atom stereocenters. The summed E-state index contributed by atoms with van der Waals surface area (Å²) in [5, 5.41) is 3.53. The van der Waals surface area contributed by atoms with Crippen LogP contribution in [-0.2, 0) is 13.1 Å². The summed E-state index contributed by atoms with van der Waals surface area (Å²) in [5.41, 5.74) is 2.88. The zero-order valence-electron chi connectivity index (χ0n) is 14.1. The second kappa shape index (κ2) is 8.55. The highest BCUT2D eigenvalue weighted by molar-refractivity contribution is 5.23. The SMILES string of the molecule is CCCC1CCN(Cc2cccc(CNCC(C)C)c2)C1. The maximum absolute atomic E-state index is 3.53. The Morgan fingerprint density at radius 1 is 1.29 bits per heavy atom. The van der Waals surface area contributed by atoms with Crippen molar-refractivity contribution in [3.63, 3.8) is 0 Å². The molecule has 2 nitrogen and oxygen atoms in total. The Morgan fingerprint density at radius 3 is 2.86 bits per heavy atom. The van der Waals surface area contributed by atoms with Gasteiger partial charge in [0.1, 0.15) is 0 Å². The Morgan fingerprint density at radius 2 is 2.10 bits per heavy atom. The average molecular weight is 288 g/mol. The van der Waals surface area contributed by atoms with Crippen LogP contribution < -0.4 is 5.32 Å². The van der Waals surface area contributed by atoms with Crippen LogP contribution in [0.5, 0.6) is 0 Å². The molecule has 0 spiro atoms. The number of benzene rings is 1. The third-order valence-corrected chi connectivity index (χ3v) is 4.35. The molecule has 1 N–H and O–H groups in total. The average Bonchev–Trinajstić information content (AvgIpc) is 2.86. The number of nitrogens with zero attached hydrogens (tertiary/aromatic N) is 1. The van der Waals surface area contributed by atoms with Gasteiger partial charge in [0, 0.05) is 19.6 Å². The Balaban J connectivity index is 1.81. The second-order valence-corrected chi connectivity index (χ2v) is 7.02. The third-order valence-electron chi connectivity index (χ3n) is 4.35. The highest BCUT2D eigenvalue weighted by atomic mass is 15.1. The van der Waals surface area contributed by atoms with E-state index < -0.39 is 0 Å². The second-order valence-electron chi connectivity index (χ2n) is 7.02. The topological polar surface area (TPSA) is 15.3 Å². The molecular weight excluding hydrogens is 256 g/mol. The van der Waals surface area contributed by atoms with Crippen LogP contribution in [0.4, 0.5) is 0 Å². The molecule has 1 aromatic rings. The number of hydrogen-bond acceptors (Lipinski definition) is 2. The van der Waals surface area contributed by atoms with E-state index in [1.807, 2.05) is 0 Å². The largest absolute Gasteiger partial charge is 0.312 e. The molecule has 1 heterocycles. The van der Waals surface area contributed by atoms with Crippen molar-refractivity contribution in [2.24, 2.45) is 11.8 Å².